The summed E-state index contributed by atoms with van der Waals surface area (Å²) >= 11 is 0. The molecule has 2 rings (SSSR count). The van der Waals surface area contributed by atoms with Gasteiger partial charge in [0.25, 0.3) is 0 Å². The zero-order valence-electron chi connectivity index (χ0n) is 9.64. The Morgan fingerprint density at radius 2 is 1.82 bits per heavy atom. The lowest BCUT2D eigenvalue weighted by Gasteiger charge is -2.09. The fourth-order valence-electron chi connectivity index (χ4n) is 1.70. The van der Waals surface area contributed by atoms with Crippen molar-refractivity contribution < 1.29 is 10.2 Å². The predicted octanol–water partition coefficient (Wildman–Crippen LogP) is 1.82. The molecule has 0 heterocycles. The summed E-state index contributed by atoms with van der Waals surface area (Å²) in [5.41, 5.74) is 2.08. The highest BCUT2D eigenvalue weighted by Gasteiger charge is 2.06. The minimum atomic E-state index is 0.0393. The van der Waals surface area contributed by atoms with Gasteiger partial charge in [0.1, 0.15) is 5.75 Å². The fourth-order valence-corrected chi connectivity index (χ4v) is 2.86. The number of phenolic OH excluding ortho intramolecular Hbond substituents is 1. The zero-order chi connectivity index (χ0) is 12.3. The van der Waals surface area contributed by atoms with E-state index >= 15 is 0 Å². The summed E-state index contributed by atoms with van der Waals surface area (Å²) in [5, 5.41) is 21.1. The van der Waals surface area contributed by atoms with Crippen LogP contribution in [0.1, 0.15) is 11.1 Å². The van der Waals surface area contributed by atoms with E-state index in [1.807, 2.05) is 43.3 Å². The van der Waals surface area contributed by atoms with Crippen LogP contribution in [0, 0.1) is 6.92 Å². The summed E-state index contributed by atoms with van der Waals surface area (Å²) in [6.07, 6.45) is 0. The average Bonchev–Trinajstić information content (AvgIpc) is 2.34. The monoisotopic (exact) mass is 246 g/mol. The lowest BCUT2D eigenvalue weighted by molar-refractivity contribution is 0.283. The minimum Gasteiger partial charge on any atom is -0.507 e. The molecule has 0 fully saturated rings. The van der Waals surface area contributed by atoms with Crippen LogP contribution < -0.4 is 10.6 Å². The zero-order valence-corrected chi connectivity index (χ0v) is 10.6. The second-order valence-electron chi connectivity index (χ2n) is 3.96. The molecule has 2 nitrogen and oxygen atoms in total. The van der Waals surface area contributed by atoms with Crippen molar-refractivity contribution in [2.75, 3.05) is 0 Å². The van der Waals surface area contributed by atoms with Crippen LogP contribution in [0.5, 0.6) is 5.75 Å². The van der Waals surface area contributed by atoms with Gasteiger partial charge in [0.2, 0.25) is 0 Å². The Morgan fingerprint density at radius 3 is 2.53 bits per heavy atom. The molecule has 2 aromatic carbocycles. The van der Waals surface area contributed by atoms with Crippen LogP contribution in [-0.2, 0) is 6.61 Å². The van der Waals surface area contributed by atoms with Gasteiger partial charge in [-0.15, -0.1) is 0 Å². The Morgan fingerprint density at radius 1 is 1.06 bits per heavy atom. The van der Waals surface area contributed by atoms with Crippen LogP contribution in [0.3, 0.4) is 0 Å². The summed E-state index contributed by atoms with van der Waals surface area (Å²) in [5.74, 6) is 0.315. The maximum atomic E-state index is 9.73. The van der Waals surface area contributed by atoms with E-state index in [9.17, 15) is 10.2 Å². The first-order valence-electron chi connectivity index (χ1n) is 5.46. The van der Waals surface area contributed by atoms with Crippen molar-refractivity contribution in [3.05, 3.63) is 53.6 Å². The van der Waals surface area contributed by atoms with Crippen molar-refractivity contribution in [3.8, 4) is 5.75 Å². The number of aliphatic hydroxyl groups is 1. The Hall–Kier alpha value is -1.37. The van der Waals surface area contributed by atoms with Gasteiger partial charge < -0.3 is 10.2 Å². The third-order valence-corrected chi connectivity index (χ3v) is 4.05. The Kier molecular flexibility index (Phi) is 3.78. The van der Waals surface area contributed by atoms with Crippen LogP contribution in [-0.4, -0.2) is 10.2 Å². The Balaban J connectivity index is 2.33. The number of aromatic hydroxyl groups is 1. The van der Waals surface area contributed by atoms with E-state index in [-0.39, 0.29) is 6.61 Å². The van der Waals surface area contributed by atoms with Crippen LogP contribution in [0.4, 0.5) is 0 Å². The molecule has 0 saturated heterocycles. The molecule has 0 aliphatic rings. The van der Waals surface area contributed by atoms with Crippen LogP contribution in [0.15, 0.2) is 42.5 Å². The lowest BCUT2D eigenvalue weighted by Crippen LogP contribution is -2.09. The highest BCUT2D eigenvalue weighted by atomic mass is 31.1. The first-order chi connectivity index (χ1) is 8.20. The van der Waals surface area contributed by atoms with E-state index in [0.717, 1.165) is 21.7 Å². The first kappa shape index (κ1) is 12.1. The minimum absolute atomic E-state index is 0.0393. The summed E-state index contributed by atoms with van der Waals surface area (Å²) in [7, 11) is 0.368. The molecule has 0 amide bonds. The van der Waals surface area contributed by atoms with Crippen molar-refractivity contribution in [2.45, 2.75) is 13.5 Å². The van der Waals surface area contributed by atoms with Gasteiger partial charge in [-0.25, -0.2) is 0 Å². The summed E-state index contributed by atoms with van der Waals surface area (Å²) in [6.45, 7) is 2.05. The summed E-state index contributed by atoms with van der Waals surface area (Å²) < 4.78 is 0. The third kappa shape index (κ3) is 2.85. The molecule has 0 radical (unpaired) electrons. The fraction of sp³-hybridized carbons (Fsp3) is 0.143. The molecule has 88 valence electrons. The number of phenols is 1. The molecule has 0 saturated carbocycles. The van der Waals surface area contributed by atoms with Gasteiger partial charge >= 0.3 is 0 Å². The van der Waals surface area contributed by atoms with Crippen molar-refractivity contribution in [3.63, 3.8) is 0 Å². The average molecular weight is 246 g/mol. The van der Waals surface area contributed by atoms with Gasteiger partial charge in [-0.05, 0) is 23.9 Å². The van der Waals surface area contributed by atoms with Crippen molar-refractivity contribution in [2.24, 2.45) is 0 Å². The topological polar surface area (TPSA) is 40.5 Å². The van der Waals surface area contributed by atoms with Crippen molar-refractivity contribution >= 4 is 19.2 Å². The largest absolute Gasteiger partial charge is 0.507 e. The molecule has 2 N–H and O–H groups in total. The molecule has 0 aliphatic carbocycles. The van der Waals surface area contributed by atoms with Gasteiger partial charge in [-0.1, -0.05) is 50.5 Å². The van der Waals surface area contributed by atoms with E-state index in [2.05, 4.69) is 0 Å². The molecule has 0 spiro atoms. The maximum absolute atomic E-state index is 9.73. The Bertz CT molecular complexity index is 523. The summed E-state index contributed by atoms with van der Waals surface area (Å²) in [4.78, 5) is 0. The van der Waals surface area contributed by atoms with Gasteiger partial charge in [0.15, 0.2) is 0 Å². The molecule has 0 aromatic heterocycles. The van der Waals surface area contributed by atoms with E-state index < -0.39 is 0 Å². The van der Waals surface area contributed by atoms with Crippen molar-refractivity contribution in [1.82, 2.24) is 0 Å². The number of rotatable bonds is 3. The first-order valence-corrected chi connectivity index (χ1v) is 6.46. The van der Waals surface area contributed by atoms with Gasteiger partial charge in [0.05, 0.1) is 6.61 Å². The Labute approximate surface area is 103 Å². The highest BCUT2D eigenvalue weighted by molar-refractivity contribution is 7.55. The highest BCUT2D eigenvalue weighted by Crippen LogP contribution is 2.20. The van der Waals surface area contributed by atoms with E-state index in [4.69, 9.17) is 0 Å². The molecule has 0 bridgehead atoms. The molecule has 1 atom stereocenters. The quantitative estimate of drug-likeness (QED) is 0.811. The van der Waals surface area contributed by atoms with E-state index in [1.165, 1.54) is 0 Å². The number of benzene rings is 2. The number of hydrogen-bond donors (Lipinski definition) is 2. The number of para-hydroxylation sites is 1. The SMILES string of the molecule is Cc1ccc(Pc2ccccc2O)c(CO)c1. The molecule has 2 aromatic rings. The lowest BCUT2D eigenvalue weighted by atomic mass is 10.1. The van der Waals surface area contributed by atoms with Gasteiger partial charge in [0, 0.05) is 5.30 Å². The standard InChI is InChI=1S/C14H15O2P/c1-10-6-7-13(11(8-10)9-15)17-14-5-3-2-4-12(14)16/h2-8,15-17H,9H2,1H3. The van der Waals surface area contributed by atoms with Crippen LogP contribution in [0.25, 0.3) is 0 Å². The van der Waals surface area contributed by atoms with Crippen molar-refractivity contribution in [1.29, 1.82) is 0 Å². The second kappa shape index (κ2) is 5.31. The number of aliphatic hydroxyl groups excluding tert-OH is 1. The third-order valence-electron chi connectivity index (χ3n) is 2.60. The van der Waals surface area contributed by atoms with E-state index in [0.29, 0.717) is 14.3 Å². The second-order valence-corrected chi connectivity index (χ2v) is 5.29. The molecule has 1 unspecified atom stereocenters. The smallest absolute Gasteiger partial charge is 0.123 e. The molecule has 0 aliphatic heterocycles. The van der Waals surface area contributed by atoms with Crippen LogP contribution >= 0.6 is 8.58 Å². The predicted molar refractivity (Wildman–Crippen MR) is 72.8 cm³/mol. The number of hydrogen-bond acceptors (Lipinski definition) is 2. The van der Waals surface area contributed by atoms with Crippen LogP contribution in [0.2, 0.25) is 0 Å². The van der Waals surface area contributed by atoms with Gasteiger partial charge in [-0.2, -0.15) is 0 Å². The molecular weight excluding hydrogens is 231 g/mol. The molecule has 3 heteroatoms. The number of aryl methyl sites for hydroxylation is 1. The van der Waals surface area contributed by atoms with E-state index in [1.54, 1.807) is 6.07 Å². The maximum Gasteiger partial charge on any atom is 0.123 e. The van der Waals surface area contributed by atoms with Gasteiger partial charge in [-0.3, -0.25) is 0 Å². The molecule has 17 heavy (non-hydrogen) atoms. The molecular formula is C14H15O2P. The summed E-state index contributed by atoms with van der Waals surface area (Å²) in [6, 6.07) is 13.4. The normalized spacial score (nSPS) is 11.2.